The highest BCUT2D eigenvalue weighted by atomic mass is 15.1. The molecular formula is C60H48N2. The normalized spacial score (nSPS) is 14.6. The zero-order valence-corrected chi connectivity index (χ0v) is 35.4. The van der Waals surface area contributed by atoms with E-state index in [1.54, 1.807) is 0 Å². The van der Waals surface area contributed by atoms with Crippen LogP contribution in [0.3, 0.4) is 0 Å². The Morgan fingerprint density at radius 3 is 1.10 bits per heavy atom. The van der Waals surface area contributed by atoms with Gasteiger partial charge in [-0.25, -0.2) is 0 Å². The van der Waals surface area contributed by atoms with Crippen molar-refractivity contribution in [1.82, 2.24) is 0 Å². The second-order valence-corrected chi connectivity index (χ2v) is 17.5. The molecule has 0 amide bonds. The number of fused-ring (bicyclic) bond motifs is 6. The van der Waals surface area contributed by atoms with Crippen molar-refractivity contribution in [3.05, 3.63) is 241 Å². The minimum absolute atomic E-state index is 0.0854. The average Bonchev–Trinajstić information content (AvgIpc) is 3.72. The van der Waals surface area contributed by atoms with E-state index in [-0.39, 0.29) is 46.3 Å². The van der Waals surface area contributed by atoms with E-state index in [4.69, 9.17) is 0 Å². The lowest BCUT2D eigenvalue weighted by atomic mass is 9.82. The third-order valence-corrected chi connectivity index (χ3v) is 13.1. The van der Waals surface area contributed by atoms with Gasteiger partial charge >= 0.3 is 0 Å². The van der Waals surface area contributed by atoms with Crippen LogP contribution in [0.5, 0.6) is 0 Å². The Balaban J connectivity index is 0.923. The molecule has 0 bridgehead atoms. The Morgan fingerprint density at radius 2 is 0.629 bits per heavy atom. The predicted molar refractivity (Wildman–Crippen MR) is 262 cm³/mol. The summed E-state index contributed by atoms with van der Waals surface area (Å²) in [5.41, 5.74) is 17.5. The summed E-state index contributed by atoms with van der Waals surface area (Å²) in [7, 11) is 0. The first kappa shape index (κ1) is 33.3. The molecule has 9 aromatic rings. The number of benzene rings is 9. The standard InChI is InChI=1S/C60H48N2/c1-59(2)55-21-13-11-19-51(55)53-37-35-49(39-57(53)59)61(45-15-7-5-8-16-45)47-31-27-43(28-32-47)41-23-25-42(26-24-41)44-29-33-48(34-30-44)62(46-17-9-6-10-18-46)50-36-38-54-52-20-12-14-22-56(52)60(3,4)58(54)40-50/h5-40H,1-4H3/i27D,28D,31D,32D. The zero-order chi connectivity index (χ0) is 45.5. The van der Waals surface area contributed by atoms with E-state index in [1.807, 2.05) is 71.6 Å². The van der Waals surface area contributed by atoms with Gasteiger partial charge in [-0.05, 0) is 140 Å². The molecule has 0 unspecified atom stereocenters. The minimum atomic E-state index is -0.256. The highest BCUT2D eigenvalue weighted by Crippen LogP contribution is 2.52. The van der Waals surface area contributed by atoms with Gasteiger partial charge in [-0.1, -0.05) is 173 Å². The van der Waals surface area contributed by atoms with Crippen LogP contribution in [0.25, 0.3) is 44.5 Å². The van der Waals surface area contributed by atoms with Crippen molar-refractivity contribution < 1.29 is 5.48 Å². The Bertz CT molecular complexity index is 3310. The van der Waals surface area contributed by atoms with Crippen molar-refractivity contribution in [3.8, 4) is 44.5 Å². The van der Waals surface area contributed by atoms with E-state index in [0.29, 0.717) is 5.56 Å². The van der Waals surface area contributed by atoms with E-state index in [1.165, 1.54) is 38.9 Å². The van der Waals surface area contributed by atoms with E-state index in [0.717, 1.165) is 45.1 Å². The lowest BCUT2D eigenvalue weighted by molar-refractivity contribution is 0.660. The molecule has 2 aliphatic rings. The Hall–Kier alpha value is -7.42. The van der Waals surface area contributed by atoms with Crippen LogP contribution in [0.1, 0.15) is 55.4 Å². The van der Waals surface area contributed by atoms with Crippen LogP contribution in [-0.2, 0) is 10.8 Å². The van der Waals surface area contributed by atoms with Gasteiger partial charge in [0.2, 0.25) is 0 Å². The summed E-state index contributed by atoms with van der Waals surface area (Å²) < 4.78 is 37.8. The lowest BCUT2D eigenvalue weighted by Gasteiger charge is -2.28. The largest absolute Gasteiger partial charge is 0.310 e. The molecular weight excluding hydrogens is 749 g/mol. The van der Waals surface area contributed by atoms with Gasteiger partial charge in [0.1, 0.15) is 0 Å². The topological polar surface area (TPSA) is 6.48 Å². The molecule has 11 rings (SSSR count). The molecule has 62 heavy (non-hydrogen) atoms. The van der Waals surface area contributed by atoms with Gasteiger partial charge in [-0.3, -0.25) is 0 Å². The highest BCUT2D eigenvalue weighted by Gasteiger charge is 2.37. The summed E-state index contributed by atoms with van der Waals surface area (Å²) >= 11 is 0. The van der Waals surface area contributed by atoms with Crippen LogP contribution < -0.4 is 9.80 Å². The molecule has 298 valence electrons. The quantitative estimate of drug-likeness (QED) is 0.151. The Labute approximate surface area is 371 Å². The SMILES string of the molecule is [2H]c1c([2H])c(N(c2ccccc2)c2ccc3c(c2)C(C)(C)c2ccccc2-3)c([2H])c([2H])c1-c1ccc(-c2ccc(N(c3ccccc3)c3ccc4c(c3)C(C)(C)c3ccccc3-4)cc2)cc1. The number of nitrogens with zero attached hydrogens (tertiary/aromatic N) is 2. The Morgan fingerprint density at radius 1 is 0.290 bits per heavy atom. The molecule has 0 atom stereocenters. The van der Waals surface area contributed by atoms with E-state index in [2.05, 4.69) is 160 Å². The monoisotopic (exact) mass is 800 g/mol. The fraction of sp³-hybridized carbons (Fsp3) is 0.100. The minimum Gasteiger partial charge on any atom is -0.310 e. The average molecular weight is 801 g/mol. The number of hydrogen-bond donors (Lipinski definition) is 0. The molecule has 2 heteroatoms. The smallest absolute Gasteiger partial charge is 0.0645 e. The maximum absolute atomic E-state index is 9.49. The van der Waals surface area contributed by atoms with Crippen molar-refractivity contribution in [1.29, 1.82) is 0 Å². The van der Waals surface area contributed by atoms with Crippen LogP contribution in [0.2, 0.25) is 0 Å². The van der Waals surface area contributed by atoms with Gasteiger partial charge in [0, 0.05) is 45.0 Å². The van der Waals surface area contributed by atoms with E-state index >= 15 is 0 Å². The highest BCUT2D eigenvalue weighted by molar-refractivity contribution is 5.88. The molecule has 0 aliphatic heterocycles. The van der Waals surface area contributed by atoms with E-state index < -0.39 is 0 Å². The first-order valence-electron chi connectivity index (χ1n) is 23.4. The molecule has 0 fully saturated rings. The molecule has 0 heterocycles. The molecule has 0 radical (unpaired) electrons. The molecule has 2 aliphatic carbocycles. The number of rotatable bonds is 8. The molecule has 0 saturated heterocycles. The number of para-hydroxylation sites is 2. The second kappa shape index (κ2) is 14.6. The predicted octanol–water partition coefficient (Wildman–Crippen LogP) is 16.6. The first-order valence-corrected chi connectivity index (χ1v) is 21.4. The summed E-state index contributed by atoms with van der Waals surface area (Å²) in [6.45, 7) is 9.08. The lowest BCUT2D eigenvalue weighted by Crippen LogP contribution is -2.16. The third-order valence-electron chi connectivity index (χ3n) is 13.1. The second-order valence-electron chi connectivity index (χ2n) is 17.5. The molecule has 2 nitrogen and oxygen atoms in total. The first-order chi connectivity index (χ1) is 31.9. The molecule has 0 saturated carbocycles. The fourth-order valence-electron chi connectivity index (χ4n) is 9.87. The zero-order valence-electron chi connectivity index (χ0n) is 39.4. The van der Waals surface area contributed by atoms with Crippen molar-refractivity contribution in [2.45, 2.75) is 38.5 Å². The summed E-state index contributed by atoms with van der Waals surface area (Å²) in [5, 5.41) is 0. The van der Waals surface area contributed by atoms with Crippen molar-refractivity contribution in [3.63, 3.8) is 0 Å². The summed E-state index contributed by atoms with van der Waals surface area (Å²) in [4.78, 5) is 4.18. The summed E-state index contributed by atoms with van der Waals surface area (Å²) in [6.07, 6.45) is 0. The molecule has 0 aromatic heterocycles. The molecule has 9 aromatic carbocycles. The van der Waals surface area contributed by atoms with Crippen molar-refractivity contribution >= 4 is 34.1 Å². The third kappa shape index (κ3) is 6.17. The number of hydrogen-bond acceptors (Lipinski definition) is 2. The van der Waals surface area contributed by atoms with Crippen LogP contribution >= 0.6 is 0 Å². The molecule has 0 spiro atoms. The van der Waals surface area contributed by atoms with E-state index in [9.17, 15) is 5.48 Å². The fourth-order valence-corrected chi connectivity index (χ4v) is 9.87. The van der Waals surface area contributed by atoms with Gasteiger partial charge in [0.05, 0.1) is 5.48 Å². The molecule has 0 N–H and O–H groups in total. The van der Waals surface area contributed by atoms with Gasteiger partial charge in [0.25, 0.3) is 0 Å². The van der Waals surface area contributed by atoms with Gasteiger partial charge < -0.3 is 9.80 Å². The van der Waals surface area contributed by atoms with Crippen LogP contribution in [0, 0.1) is 0 Å². The van der Waals surface area contributed by atoms with Crippen LogP contribution in [-0.4, -0.2) is 0 Å². The summed E-state index contributed by atoms with van der Waals surface area (Å²) in [6, 6.07) is 66.6. The van der Waals surface area contributed by atoms with Crippen LogP contribution in [0.15, 0.2) is 218 Å². The van der Waals surface area contributed by atoms with Crippen molar-refractivity contribution in [2.24, 2.45) is 0 Å². The Kier molecular flexibility index (Phi) is 7.87. The van der Waals surface area contributed by atoms with Gasteiger partial charge in [-0.15, -0.1) is 0 Å². The van der Waals surface area contributed by atoms with Crippen molar-refractivity contribution in [2.75, 3.05) is 9.80 Å². The van der Waals surface area contributed by atoms with Gasteiger partial charge in [0.15, 0.2) is 0 Å². The maximum Gasteiger partial charge on any atom is 0.0645 e. The summed E-state index contributed by atoms with van der Waals surface area (Å²) in [5.74, 6) is 0. The van der Waals surface area contributed by atoms with Gasteiger partial charge in [-0.2, -0.15) is 0 Å². The van der Waals surface area contributed by atoms with Crippen LogP contribution in [0.4, 0.5) is 34.1 Å². The maximum atomic E-state index is 9.49. The number of anilines is 6.